The Kier molecular flexibility index (Phi) is 5.61. The second kappa shape index (κ2) is 8.33. The minimum Gasteiger partial charge on any atom is -0.378 e. The lowest BCUT2D eigenvalue weighted by Gasteiger charge is -2.29. The Morgan fingerprint density at radius 1 is 1.13 bits per heavy atom. The van der Waals surface area contributed by atoms with Gasteiger partial charge in [0.2, 0.25) is 0 Å². The van der Waals surface area contributed by atoms with E-state index in [0.29, 0.717) is 43.2 Å². The molecule has 0 radical (unpaired) electrons. The van der Waals surface area contributed by atoms with E-state index in [1.165, 1.54) is 17.0 Å². The van der Waals surface area contributed by atoms with Crippen LogP contribution in [0.2, 0.25) is 0 Å². The maximum atomic E-state index is 14.7. The van der Waals surface area contributed by atoms with Crippen molar-refractivity contribution in [2.24, 2.45) is 0 Å². The van der Waals surface area contributed by atoms with Crippen LogP contribution >= 0.6 is 12.2 Å². The van der Waals surface area contributed by atoms with Gasteiger partial charge in [-0.25, -0.2) is 4.39 Å². The summed E-state index contributed by atoms with van der Waals surface area (Å²) in [5.41, 5.74) is 2.29. The maximum Gasteiger partial charge on any atom is 0.270 e. The Balaban J connectivity index is 1.65. The van der Waals surface area contributed by atoms with Gasteiger partial charge in [-0.1, -0.05) is 18.2 Å². The normalized spacial score (nSPS) is 18.7. The van der Waals surface area contributed by atoms with Crippen molar-refractivity contribution in [3.63, 3.8) is 0 Å². The molecule has 154 valence electrons. The molecule has 2 fully saturated rings. The van der Waals surface area contributed by atoms with E-state index in [1.807, 2.05) is 17.9 Å². The standard InChI is InChI=1S/C22H20FN3O3S/c1-14-3-2-4-16(11-14)26-21(28)17(20(27)24-22(26)30)12-15-5-6-19(18(23)13-15)25-7-9-29-10-8-25/h2-6,11-13H,7-10H2,1H3,(H,24,27,30)/b17-12+. The van der Waals surface area contributed by atoms with Crippen LogP contribution in [0, 0.1) is 12.7 Å². The van der Waals surface area contributed by atoms with Crippen molar-refractivity contribution in [1.29, 1.82) is 0 Å². The molecule has 2 amide bonds. The number of halogens is 1. The summed E-state index contributed by atoms with van der Waals surface area (Å²) in [6, 6.07) is 11.9. The Morgan fingerprint density at radius 2 is 1.90 bits per heavy atom. The number of carbonyl (C=O) groups is 2. The molecule has 2 heterocycles. The summed E-state index contributed by atoms with van der Waals surface area (Å²) in [6.45, 7) is 4.22. The Labute approximate surface area is 178 Å². The van der Waals surface area contributed by atoms with Gasteiger partial charge in [-0.2, -0.15) is 0 Å². The van der Waals surface area contributed by atoms with Gasteiger partial charge in [0, 0.05) is 13.1 Å². The molecule has 0 unspecified atom stereocenters. The second-order valence-corrected chi connectivity index (χ2v) is 7.49. The highest BCUT2D eigenvalue weighted by atomic mass is 32.1. The minimum atomic E-state index is -0.605. The highest BCUT2D eigenvalue weighted by molar-refractivity contribution is 7.80. The van der Waals surface area contributed by atoms with E-state index >= 15 is 0 Å². The van der Waals surface area contributed by atoms with Crippen molar-refractivity contribution in [2.75, 3.05) is 36.1 Å². The van der Waals surface area contributed by atoms with Crippen molar-refractivity contribution >= 4 is 46.6 Å². The fraction of sp³-hybridized carbons (Fsp3) is 0.227. The number of aryl methyl sites for hydroxylation is 1. The van der Waals surface area contributed by atoms with Crippen molar-refractivity contribution in [1.82, 2.24) is 5.32 Å². The Morgan fingerprint density at radius 3 is 2.60 bits per heavy atom. The lowest BCUT2D eigenvalue weighted by Crippen LogP contribution is -2.54. The van der Waals surface area contributed by atoms with Crippen molar-refractivity contribution in [2.45, 2.75) is 6.92 Å². The molecule has 2 aromatic carbocycles. The zero-order valence-electron chi connectivity index (χ0n) is 16.4. The summed E-state index contributed by atoms with van der Waals surface area (Å²) < 4.78 is 20.0. The second-order valence-electron chi connectivity index (χ2n) is 7.11. The van der Waals surface area contributed by atoms with Gasteiger partial charge in [-0.15, -0.1) is 0 Å². The topological polar surface area (TPSA) is 61.9 Å². The van der Waals surface area contributed by atoms with Gasteiger partial charge in [0.1, 0.15) is 11.4 Å². The van der Waals surface area contributed by atoms with Crippen LogP contribution in [-0.4, -0.2) is 43.2 Å². The number of nitrogens with zero attached hydrogens (tertiary/aromatic N) is 2. The van der Waals surface area contributed by atoms with Gasteiger partial charge in [0.05, 0.1) is 24.6 Å². The summed E-state index contributed by atoms with van der Waals surface area (Å²) in [5, 5.41) is 2.55. The van der Waals surface area contributed by atoms with Crippen LogP contribution < -0.4 is 15.1 Å². The highest BCUT2D eigenvalue weighted by Crippen LogP contribution is 2.25. The fourth-order valence-electron chi connectivity index (χ4n) is 3.50. The summed E-state index contributed by atoms with van der Waals surface area (Å²) >= 11 is 5.20. The van der Waals surface area contributed by atoms with Crippen molar-refractivity contribution in [3.8, 4) is 0 Å². The SMILES string of the molecule is Cc1cccc(N2C(=O)/C(=C/c3ccc(N4CCOCC4)c(F)c3)C(=O)NC2=S)c1. The third-order valence-electron chi connectivity index (χ3n) is 5.00. The average Bonchev–Trinajstić information content (AvgIpc) is 2.72. The molecule has 0 aromatic heterocycles. The Bertz CT molecular complexity index is 1060. The van der Waals surface area contributed by atoms with E-state index in [0.717, 1.165) is 5.56 Å². The van der Waals surface area contributed by atoms with Crippen molar-refractivity contribution in [3.05, 3.63) is 65.0 Å². The van der Waals surface area contributed by atoms with Crippen LogP contribution in [0.4, 0.5) is 15.8 Å². The van der Waals surface area contributed by atoms with Gasteiger partial charge in [0.25, 0.3) is 11.8 Å². The number of benzene rings is 2. The molecule has 4 rings (SSSR count). The third-order valence-corrected chi connectivity index (χ3v) is 5.28. The number of carbonyl (C=O) groups excluding carboxylic acids is 2. The molecule has 6 nitrogen and oxygen atoms in total. The molecule has 2 aromatic rings. The lowest BCUT2D eigenvalue weighted by atomic mass is 10.1. The smallest absolute Gasteiger partial charge is 0.270 e. The van der Waals surface area contributed by atoms with Crippen LogP contribution in [0.1, 0.15) is 11.1 Å². The molecule has 0 spiro atoms. The van der Waals surface area contributed by atoms with Gasteiger partial charge in [-0.05, 0) is 60.6 Å². The number of hydrogen-bond acceptors (Lipinski definition) is 5. The number of thiocarbonyl (C=S) groups is 1. The quantitative estimate of drug-likeness (QED) is 0.466. The summed E-state index contributed by atoms with van der Waals surface area (Å²) in [5.74, 6) is -1.57. The number of anilines is 2. The number of ether oxygens (including phenoxy) is 1. The summed E-state index contributed by atoms with van der Waals surface area (Å²) in [4.78, 5) is 28.7. The molecule has 30 heavy (non-hydrogen) atoms. The monoisotopic (exact) mass is 425 g/mol. The molecule has 0 bridgehead atoms. The molecule has 0 aliphatic carbocycles. The van der Waals surface area contributed by atoms with E-state index in [4.69, 9.17) is 17.0 Å². The van der Waals surface area contributed by atoms with E-state index in [-0.39, 0.29) is 10.7 Å². The van der Waals surface area contributed by atoms with Gasteiger partial charge < -0.3 is 9.64 Å². The first-order chi connectivity index (χ1) is 14.4. The molecule has 1 N–H and O–H groups in total. The number of rotatable bonds is 3. The van der Waals surface area contributed by atoms with Crippen LogP contribution in [0.3, 0.4) is 0 Å². The fourth-order valence-corrected chi connectivity index (χ4v) is 3.78. The molecule has 2 aliphatic heterocycles. The third kappa shape index (κ3) is 3.96. The van der Waals surface area contributed by atoms with Gasteiger partial charge in [-0.3, -0.25) is 19.8 Å². The Hall–Kier alpha value is -3.10. The van der Waals surface area contributed by atoms with Crippen LogP contribution in [-0.2, 0) is 14.3 Å². The minimum absolute atomic E-state index is 0.0154. The molecule has 0 atom stereocenters. The molecule has 8 heteroatoms. The van der Waals surface area contributed by atoms with E-state index < -0.39 is 17.6 Å². The first-order valence-electron chi connectivity index (χ1n) is 9.54. The number of morpholine rings is 1. The van der Waals surface area contributed by atoms with E-state index in [2.05, 4.69) is 5.32 Å². The van der Waals surface area contributed by atoms with Gasteiger partial charge >= 0.3 is 0 Å². The summed E-state index contributed by atoms with van der Waals surface area (Å²) in [7, 11) is 0. The number of amides is 2. The zero-order valence-corrected chi connectivity index (χ0v) is 17.2. The first kappa shape index (κ1) is 20.2. The van der Waals surface area contributed by atoms with Crippen LogP contribution in [0.15, 0.2) is 48.0 Å². The predicted octanol–water partition coefficient (Wildman–Crippen LogP) is 2.80. The maximum absolute atomic E-state index is 14.7. The van der Waals surface area contributed by atoms with Crippen molar-refractivity contribution < 1.29 is 18.7 Å². The molecule has 2 saturated heterocycles. The first-order valence-corrected chi connectivity index (χ1v) is 9.95. The van der Waals surface area contributed by atoms with Crippen LogP contribution in [0.5, 0.6) is 0 Å². The molecular weight excluding hydrogens is 405 g/mol. The van der Waals surface area contributed by atoms with Crippen LogP contribution in [0.25, 0.3) is 6.08 Å². The predicted molar refractivity (Wildman–Crippen MR) is 117 cm³/mol. The van der Waals surface area contributed by atoms with E-state index in [9.17, 15) is 14.0 Å². The zero-order chi connectivity index (χ0) is 21.3. The number of nitrogens with one attached hydrogen (secondary N) is 1. The van der Waals surface area contributed by atoms with E-state index in [1.54, 1.807) is 30.3 Å². The highest BCUT2D eigenvalue weighted by Gasteiger charge is 2.34. The molecule has 2 aliphatic rings. The molecule has 0 saturated carbocycles. The summed E-state index contributed by atoms with van der Waals surface area (Å²) in [6.07, 6.45) is 1.38. The lowest BCUT2D eigenvalue weighted by molar-refractivity contribution is -0.122. The number of hydrogen-bond donors (Lipinski definition) is 1. The largest absolute Gasteiger partial charge is 0.378 e. The average molecular weight is 425 g/mol. The molecular formula is C22H20FN3O3S. The van der Waals surface area contributed by atoms with Gasteiger partial charge in [0.15, 0.2) is 5.11 Å².